The minimum atomic E-state index is -5.06. The van der Waals surface area contributed by atoms with Gasteiger partial charge in [-0.15, -0.1) is 11.3 Å². The van der Waals surface area contributed by atoms with Gasteiger partial charge in [0, 0.05) is 5.69 Å². The van der Waals surface area contributed by atoms with Crippen LogP contribution in [-0.4, -0.2) is 33.8 Å². The predicted octanol–water partition coefficient (Wildman–Crippen LogP) is 4.22. The van der Waals surface area contributed by atoms with Crippen LogP contribution in [0.25, 0.3) is 10.2 Å². The fraction of sp³-hybridized carbons (Fsp3) is 0.333. The number of H-pyrrole nitrogens is 1. The third kappa shape index (κ3) is 3.00. The van der Waals surface area contributed by atoms with Crippen LogP contribution in [0.5, 0.6) is 0 Å². The van der Waals surface area contributed by atoms with Crippen molar-refractivity contribution in [3.8, 4) is 0 Å². The van der Waals surface area contributed by atoms with Crippen molar-refractivity contribution in [3.05, 3.63) is 51.8 Å². The quantitative estimate of drug-likeness (QED) is 0.646. The number of halogens is 3. The molecule has 0 aliphatic rings. The summed E-state index contributed by atoms with van der Waals surface area (Å²) < 4.78 is 47.6. The van der Waals surface area contributed by atoms with Gasteiger partial charge in [0.1, 0.15) is 5.01 Å². The van der Waals surface area contributed by atoms with Gasteiger partial charge in [-0.05, 0) is 38.5 Å². The van der Waals surface area contributed by atoms with E-state index in [4.69, 9.17) is 4.74 Å². The molecule has 0 aliphatic carbocycles. The number of carbonyl (C=O) groups is 1. The predicted molar refractivity (Wildman–Crippen MR) is 94.9 cm³/mol. The van der Waals surface area contributed by atoms with Gasteiger partial charge in [0.05, 0.1) is 28.1 Å². The molecular weight excluding hydrogens is 381 g/mol. The monoisotopic (exact) mass is 398 g/mol. The Hall–Kier alpha value is -2.39. The number of thiazole rings is 1. The van der Waals surface area contributed by atoms with Crippen LogP contribution in [-0.2, 0) is 10.3 Å². The number of alkyl halides is 3. The number of aryl methyl sites for hydroxylation is 1. The smallest absolute Gasteiger partial charge is 0.429 e. The second-order valence-electron chi connectivity index (χ2n) is 6.04. The maximum absolute atomic E-state index is 14.1. The van der Waals surface area contributed by atoms with E-state index in [1.54, 1.807) is 31.2 Å². The van der Waals surface area contributed by atoms with E-state index >= 15 is 0 Å². The summed E-state index contributed by atoms with van der Waals surface area (Å²) in [4.78, 5) is 18.7. The van der Waals surface area contributed by atoms with Gasteiger partial charge in [-0.1, -0.05) is 12.1 Å². The molecule has 5 nitrogen and oxygen atoms in total. The lowest BCUT2D eigenvalue weighted by molar-refractivity contribution is -0.249. The number of nitrogens with one attached hydrogen (secondary N) is 1. The summed E-state index contributed by atoms with van der Waals surface area (Å²) in [5.41, 5.74) is -3.41. The fourth-order valence-corrected chi connectivity index (χ4v) is 4.10. The van der Waals surface area contributed by atoms with E-state index in [2.05, 4.69) is 9.97 Å². The maximum atomic E-state index is 14.1. The molecule has 144 valence electrons. The molecule has 3 rings (SSSR count). The molecule has 0 bridgehead atoms. The minimum absolute atomic E-state index is 0.0179. The first-order valence-electron chi connectivity index (χ1n) is 8.13. The average Bonchev–Trinajstić information content (AvgIpc) is 3.14. The molecule has 2 N–H and O–H groups in total. The average molecular weight is 398 g/mol. The van der Waals surface area contributed by atoms with Crippen LogP contribution in [0.4, 0.5) is 13.2 Å². The highest BCUT2D eigenvalue weighted by atomic mass is 32.1. The molecule has 9 heteroatoms. The van der Waals surface area contributed by atoms with Crippen LogP contribution in [0.2, 0.25) is 0 Å². The van der Waals surface area contributed by atoms with Crippen LogP contribution in [0.15, 0.2) is 24.3 Å². The van der Waals surface area contributed by atoms with Gasteiger partial charge < -0.3 is 14.8 Å². The highest BCUT2D eigenvalue weighted by Gasteiger charge is 2.60. The van der Waals surface area contributed by atoms with Gasteiger partial charge in [0.25, 0.3) is 5.60 Å². The molecule has 0 radical (unpaired) electrons. The number of fused-ring (bicyclic) bond motifs is 1. The van der Waals surface area contributed by atoms with Crippen molar-refractivity contribution in [2.75, 3.05) is 6.61 Å². The van der Waals surface area contributed by atoms with Crippen molar-refractivity contribution < 1.29 is 27.8 Å². The molecule has 1 unspecified atom stereocenters. The Bertz CT molecular complexity index is 976. The first kappa shape index (κ1) is 19.4. The Morgan fingerprint density at radius 2 is 1.96 bits per heavy atom. The number of esters is 1. The number of hydrogen-bond acceptors (Lipinski definition) is 5. The third-order valence-corrected chi connectivity index (χ3v) is 5.44. The van der Waals surface area contributed by atoms with E-state index in [0.717, 1.165) is 11.3 Å². The van der Waals surface area contributed by atoms with Crippen LogP contribution in [0, 0.1) is 13.8 Å². The third-order valence-electron chi connectivity index (χ3n) is 4.29. The van der Waals surface area contributed by atoms with Crippen LogP contribution in [0.3, 0.4) is 0 Å². The van der Waals surface area contributed by atoms with Gasteiger partial charge in [0.15, 0.2) is 0 Å². The maximum Gasteiger partial charge on any atom is 0.429 e. The number of hydrogen-bond donors (Lipinski definition) is 2. The van der Waals surface area contributed by atoms with Crippen LogP contribution < -0.4 is 0 Å². The molecule has 0 spiro atoms. The molecule has 0 amide bonds. The number of para-hydroxylation sites is 1. The molecule has 2 aromatic heterocycles. The van der Waals surface area contributed by atoms with E-state index < -0.39 is 28.4 Å². The molecule has 3 aromatic rings. The molecule has 0 saturated carbocycles. The van der Waals surface area contributed by atoms with E-state index in [9.17, 15) is 23.1 Å². The summed E-state index contributed by atoms with van der Waals surface area (Å²) in [7, 11) is 0. The molecule has 1 atom stereocenters. The number of aliphatic hydroxyl groups is 1. The van der Waals surface area contributed by atoms with Crippen molar-refractivity contribution in [1.82, 2.24) is 9.97 Å². The Morgan fingerprint density at radius 1 is 1.30 bits per heavy atom. The number of aromatic amines is 1. The largest absolute Gasteiger partial charge is 0.462 e. The summed E-state index contributed by atoms with van der Waals surface area (Å²) >= 11 is 0.751. The Morgan fingerprint density at radius 3 is 2.56 bits per heavy atom. The number of benzene rings is 1. The SMILES string of the molecule is CCOC(=O)c1c(C)[nH]c(C(O)(c2nc3ccccc3s2)C(F)(F)F)c1C. The first-order chi connectivity index (χ1) is 12.6. The number of aromatic nitrogens is 2. The standard InChI is InChI=1S/C18H17F3N2O3S/c1-4-26-15(24)13-9(2)14(22-10(13)3)17(25,18(19,20)21)16-23-11-7-5-6-8-12(11)27-16/h5-8,22,25H,4H2,1-3H3. The number of carbonyl (C=O) groups excluding carboxylic acids is 1. The summed E-state index contributed by atoms with van der Waals surface area (Å²) in [5, 5.41) is 10.3. The molecule has 27 heavy (non-hydrogen) atoms. The van der Waals surface area contributed by atoms with E-state index in [1.165, 1.54) is 13.8 Å². The van der Waals surface area contributed by atoms with Crippen molar-refractivity contribution in [3.63, 3.8) is 0 Å². The lowest BCUT2D eigenvalue weighted by Crippen LogP contribution is -2.44. The zero-order chi connectivity index (χ0) is 20.0. The highest BCUT2D eigenvalue weighted by Crippen LogP contribution is 2.47. The van der Waals surface area contributed by atoms with Gasteiger partial charge in [-0.2, -0.15) is 13.2 Å². The number of rotatable bonds is 4. The summed E-state index contributed by atoms with van der Waals surface area (Å²) in [6, 6.07) is 6.54. The second kappa shape index (κ2) is 6.65. The van der Waals surface area contributed by atoms with E-state index in [1.807, 2.05) is 0 Å². The molecule has 0 aliphatic heterocycles. The minimum Gasteiger partial charge on any atom is -0.462 e. The lowest BCUT2D eigenvalue weighted by atomic mass is 9.95. The van der Waals surface area contributed by atoms with Gasteiger partial charge >= 0.3 is 12.1 Å². The topological polar surface area (TPSA) is 75.2 Å². The molecule has 1 aromatic carbocycles. The van der Waals surface area contributed by atoms with Crippen LogP contribution in [0.1, 0.15) is 39.2 Å². The Kier molecular flexibility index (Phi) is 4.77. The van der Waals surface area contributed by atoms with E-state index in [-0.39, 0.29) is 23.4 Å². The number of nitrogens with zero attached hydrogens (tertiary/aromatic N) is 1. The normalized spacial score (nSPS) is 14.3. The Labute approximate surface area is 156 Å². The second-order valence-corrected chi connectivity index (χ2v) is 7.07. The molecular formula is C18H17F3N2O3S. The highest BCUT2D eigenvalue weighted by molar-refractivity contribution is 7.18. The fourth-order valence-electron chi connectivity index (χ4n) is 3.02. The van der Waals surface area contributed by atoms with Crippen LogP contribution >= 0.6 is 11.3 Å². The van der Waals surface area contributed by atoms with Crippen molar-refractivity contribution in [2.45, 2.75) is 32.5 Å². The molecule has 0 saturated heterocycles. The van der Waals surface area contributed by atoms with Crippen molar-refractivity contribution >= 4 is 27.5 Å². The molecule has 2 heterocycles. The van der Waals surface area contributed by atoms with Crippen molar-refractivity contribution in [1.29, 1.82) is 0 Å². The van der Waals surface area contributed by atoms with Crippen molar-refractivity contribution in [2.24, 2.45) is 0 Å². The summed E-state index contributed by atoms with van der Waals surface area (Å²) in [6.45, 7) is 4.48. The van der Waals surface area contributed by atoms with Gasteiger partial charge in [0.2, 0.25) is 0 Å². The van der Waals surface area contributed by atoms with Gasteiger partial charge in [-0.3, -0.25) is 0 Å². The number of ether oxygens (including phenoxy) is 1. The summed E-state index contributed by atoms with van der Waals surface area (Å²) in [6.07, 6.45) is -5.06. The lowest BCUT2D eigenvalue weighted by Gasteiger charge is -2.28. The van der Waals surface area contributed by atoms with Gasteiger partial charge in [-0.25, -0.2) is 9.78 Å². The van der Waals surface area contributed by atoms with E-state index in [0.29, 0.717) is 10.2 Å². The Balaban J connectivity index is 2.25. The zero-order valence-electron chi connectivity index (χ0n) is 14.8. The first-order valence-corrected chi connectivity index (χ1v) is 8.94. The summed E-state index contributed by atoms with van der Waals surface area (Å²) in [5.74, 6) is -0.746. The zero-order valence-corrected chi connectivity index (χ0v) is 15.6. The molecule has 0 fully saturated rings.